The molecule has 134 valence electrons. The molecule has 1 atom stereocenters. The van der Waals surface area contributed by atoms with E-state index in [1.165, 1.54) is 0 Å². The van der Waals surface area contributed by atoms with Crippen LogP contribution in [0.1, 0.15) is 23.2 Å². The average Bonchev–Trinajstić information content (AvgIpc) is 2.64. The Labute approximate surface area is 162 Å². The number of ether oxygens (including phenoxy) is 1. The van der Waals surface area contributed by atoms with Gasteiger partial charge in [-0.2, -0.15) is 0 Å². The van der Waals surface area contributed by atoms with Crippen molar-refractivity contribution in [3.8, 4) is 0 Å². The lowest BCUT2D eigenvalue weighted by atomic mass is 10.1. The Kier molecular flexibility index (Phi) is 5.09. The van der Waals surface area contributed by atoms with Gasteiger partial charge in [0.25, 0.3) is 0 Å². The Bertz CT molecular complexity index is 947. The van der Waals surface area contributed by atoms with Gasteiger partial charge in [0, 0.05) is 24.2 Å². The Hall–Kier alpha value is -1.72. The van der Waals surface area contributed by atoms with Crippen LogP contribution < -0.4 is 0 Å². The van der Waals surface area contributed by atoms with E-state index in [9.17, 15) is 0 Å². The fraction of sp³-hybridized carbons (Fsp3) is 0.300. The molecular weight excluding hydrogens is 369 g/mol. The molecule has 2 heterocycles. The molecule has 0 N–H and O–H groups in total. The van der Waals surface area contributed by atoms with Gasteiger partial charge in [0.05, 0.1) is 34.8 Å². The Morgan fingerprint density at radius 3 is 2.81 bits per heavy atom. The molecule has 0 saturated carbocycles. The van der Waals surface area contributed by atoms with Crippen molar-refractivity contribution in [1.29, 1.82) is 0 Å². The van der Waals surface area contributed by atoms with Crippen LogP contribution in [0, 0.1) is 6.92 Å². The normalized spacial score (nSPS) is 18.3. The van der Waals surface area contributed by atoms with Crippen LogP contribution in [0.25, 0.3) is 10.9 Å². The maximum absolute atomic E-state index is 6.15. The number of nitrogens with zero attached hydrogens (tertiary/aromatic N) is 3. The number of hydrogen-bond donors (Lipinski definition) is 0. The number of aromatic nitrogens is 2. The molecule has 26 heavy (non-hydrogen) atoms. The van der Waals surface area contributed by atoms with Gasteiger partial charge in [-0.25, -0.2) is 9.97 Å². The van der Waals surface area contributed by atoms with E-state index in [0.29, 0.717) is 23.2 Å². The summed E-state index contributed by atoms with van der Waals surface area (Å²) in [6, 6.07) is 13.8. The zero-order valence-electron chi connectivity index (χ0n) is 14.5. The molecule has 0 radical (unpaired) electrons. The molecule has 1 aliphatic heterocycles. The van der Waals surface area contributed by atoms with E-state index in [-0.39, 0.29) is 6.10 Å². The number of para-hydroxylation sites is 1. The Balaban J connectivity index is 1.52. The maximum Gasteiger partial charge on any atom is 0.143 e. The Morgan fingerprint density at radius 2 is 1.96 bits per heavy atom. The molecule has 4 nitrogen and oxygen atoms in total. The monoisotopic (exact) mass is 387 g/mol. The highest BCUT2D eigenvalue weighted by Gasteiger charge is 2.23. The molecule has 1 saturated heterocycles. The summed E-state index contributed by atoms with van der Waals surface area (Å²) in [4.78, 5) is 11.7. The quantitative estimate of drug-likeness (QED) is 0.645. The van der Waals surface area contributed by atoms with Crippen LogP contribution in [-0.2, 0) is 11.3 Å². The van der Waals surface area contributed by atoms with Crippen molar-refractivity contribution in [2.24, 2.45) is 0 Å². The van der Waals surface area contributed by atoms with E-state index in [2.05, 4.69) is 16.0 Å². The molecular formula is C20H19Cl2N3O. The van der Waals surface area contributed by atoms with Gasteiger partial charge < -0.3 is 4.74 Å². The van der Waals surface area contributed by atoms with Crippen molar-refractivity contribution in [2.45, 2.75) is 19.6 Å². The highest BCUT2D eigenvalue weighted by molar-refractivity contribution is 6.42. The zero-order valence-corrected chi connectivity index (χ0v) is 16.0. The van der Waals surface area contributed by atoms with Crippen LogP contribution >= 0.6 is 23.2 Å². The molecule has 0 aliphatic carbocycles. The standard InChI is InChI=1S/C20H19Cl2N3O/c1-13-15-4-2-3-5-18(15)24-20(23-13)12-25-8-9-26-19(11-25)14-6-7-16(21)17(22)10-14/h2-7,10,19H,8-9,11-12H2,1H3. The van der Waals surface area contributed by atoms with E-state index in [0.717, 1.165) is 41.1 Å². The first-order valence-electron chi connectivity index (χ1n) is 8.61. The minimum Gasteiger partial charge on any atom is -0.371 e. The molecule has 1 aromatic heterocycles. The van der Waals surface area contributed by atoms with Crippen LogP contribution in [-0.4, -0.2) is 34.6 Å². The molecule has 0 spiro atoms. The van der Waals surface area contributed by atoms with Crippen LogP contribution in [0.5, 0.6) is 0 Å². The molecule has 6 heteroatoms. The van der Waals surface area contributed by atoms with Crippen molar-refractivity contribution in [1.82, 2.24) is 14.9 Å². The molecule has 0 amide bonds. The van der Waals surface area contributed by atoms with Crippen molar-refractivity contribution < 1.29 is 4.74 Å². The van der Waals surface area contributed by atoms with Gasteiger partial charge in [-0.15, -0.1) is 0 Å². The summed E-state index contributed by atoms with van der Waals surface area (Å²) in [5.74, 6) is 0.844. The lowest BCUT2D eigenvalue weighted by Crippen LogP contribution is -2.38. The fourth-order valence-electron chi connectivity index (χ4n) is 3.33. The summed E-state index contributed by atoms with van der Waals surface area (Å²) in [7, 11) is 0. The summed E-state index contributed by atoms with van der Waals surface area (Å²) < 4.78 is 5.94. The van der Waals surface area contributed by atoms with Crippen molar-refractivity contribution >= 4 is 34.1 Å². The van der Waals surface area contributed by atoms with Gasteiger partial charge in [0.1, 0.15) is 5.82 Å². The second-order valence-electron chi connectivity index (χ2n) is 6.51. The van der Waals surface area contributed by atoms with Gasteiger partial charge in [0.2, 0.25) is 0 Å². The second-order valence-corrected chi connectivity index (χ2v) is 7.32. The molecule has 2 aromatic carbocycles. The lowest BCUT2D eigenvalue weighted by molar-refractivity contribution is -0.0336. The Morgan fingerprint density at radius 1 is 1.12 bits per heavy atom. The van der Waals surface area contributed by atoms with E-state index in [1.54, 1.807) is 0 Å². The van der Waals surface area contributed by atoms with E-state index < -0.39 is 0 Å². The lowest BCUT2D eigenvalue weighted by Gasteiger charge is -2.32. The molecule has 1 fully saturated rings. The summed E-state index contributed by atoms with van der Waals surface area (Å²) >= 11 is 12.2. The van der Waals surface area contributed by atoms with Gasteiger partial charge in [-0.1, -0.05) is 47.5 Å². The fourth-order valence-corrected chi connectivity index (χ4v) is 3.63. The number of aryl methyl sites for hydroxylation is 1. The number of hydrogen-bond acceptors (Lipinski definition) is 4. The number of halogens is 2. The SMILES string of the molecule is Cc1nc(CN2CCOC(c3ccc(Cl)c(Cl)c3)C2)nc2ccccc12. The number of benzene rings is 2. The summed E-state index contributed by atoms with van der Waals surface area (Å²) in [6.45, 7) is 5.02. The number of rotatable bonds is 3. The maximum atomic E-state index is 6.15. The average molecular weight is 388 g/mol. The van der Waals surface area contributed by atoms with Gasteiger partial charge >= 0.3 is 0 Å². The van der Waals surface area contributed by atoms with E-state index in [4.69, 9.17) is 32.9 Å². The summed E-state index contributed by atoms with van der Waals surface area (Å²) in [6.07, 6.45) is -0.0277. The zero-order chi connectivity index (χ0) is 18.1. The topological polar surface area (TPSA) is 38.2 Å². The second kappa shape index (κ2) is 7.49. The van der Waals surface area contributed by atoms with Crippen LogP contribution in [0.15, 0.2) is 42.5 Å². The third kappa shape index (κ3) is 3.69. The highest BCUT2D eigenvalue weighted by Crippen LogP contribution is 2.29. The number of fused-ring (bicyclic) bond motifs is 1. The van der Waals surface area contributed by atoms with Gasteiger partial charge in [0.15, 0.2) is 0 Å². The molecule has 4 rings (SSSR count). The van der Waals surface area contributed by atoms with Gasteiger partial charge in [-0.3, -0.25) is 4.90 Å². The van der Waals surface area contributed by atoms with E-state index in [1.807, 2.05) is 43.3 Å². The van der Waals surface area contributed by atoms with Gasteiger partial charge in [-0.05, 0) is 30.7 Å². The third-order valence-corrected chi connectivity index (χ3v) is 5.41. The van der Waals surface area contributed by atoms with Crippen LogP contribution in [0.2, 0.25) is 10.0 Å². The predicted molar refractivity (Wildman–Crippen MR) is 105 cm³/mol. The summed E-state index contributed by atoms with van der Waals surface area (Å²) in [5.41, 5.74) is 3.05. The van der Waals surface area contributed by atoms with Crippen LogP contribution in [0.3, 0.4) is 0 Å². The predicted octanol–water partition coefficient (Wildman–Crippen LogP) is 4.82. The van der Waals surface area contributed by atoms with Crippen molar-refractivity contribution in [3.63, 3.8) is 0 Å². The van der Waals surface area contributed by atoms with E-state index >= 15 is 0 Å². The minimum absolute atomic E-state index is 0.0277. The number of morpholine rings is 1. The summed E-state index contributed by atoms with van der Waals surface area (Å²) in [5, 5.41) is 2.22. The van der Waals surface area contributed by atoms with Crippen LogP contribution in [0.4, 0.5) is 0 Å². The first kappa shape index (κ1) is 17.7. The minimum atomic E-state index is -0.0277. The third-order valence-electron chi connectivity index (χ3n) is 4.67. The first-order chi connectivity index (χ1) is 12.6. The molecule has 3 aromatic rings. The molecule has 0 bridgehead atoms. The van der Waals surface area contributed by atoms with Crippen molar-refractivity contribution in [2.75, 3.05) is 19.7 Å². The first-order valence-corrected chi connectivity index (χ1v) is 9.37. The molecule has 1 aliphatic rings. The largest absolute Gasteiger partial charge is 0.371 e. The smallest absolute Gasteiger partial charge is 0.143 e. The molecule has 1 unspecified atom stereocenters. The highest BCUT2D eigenvalue weighted by atomic mass is 35.5. The van der Waals surface area contributed by atoms with Crippen molar-refractivity contribution in [3.05, 3.63) is 69.6 Å².